The highest BCUT2D eigenvalue weighted by Gasteiger charge is 2.29. The van der Waals surface area contributed by atoms with Gasteiger partial charge in [-0.2, -0.15) is 0 Å². The van der Waals surface area contributed by atoms with Crippen molar-refractivity contribution in [2.24, 2.45) is 0 Å². The Labute approximate surface area is 184 Å². The van der Waals surface area contributed by atoms with Gasteiger partial charge in [0.05, 0.1) is 6.54 Å². The van der Waals surface area contributed by atoms with Crippen LogP contribution in [0.15, 0.2) is 59.6 Å². The van der Waals surface area contributed by atoms with Crippen molar-refractivity contribution in [3.63, 3.8) is 0 Å². The van der Waals surface area contributed by atoms with Crippen LogP contribution in [0.25, 0.3) is 10.9 Å². The molecule has 0 aliphatic carbocycles. The van der Waals surface area contributed by atoms with Gasteiger partial charge in [0.1, 0.15) is 29.0 Å². The summed E-state index contributed by atoms with van der Waals surface area (Å²) in [7, 11) is -4.42. The second-order valence-electron chi connectivity index (χ2n) is 7.40. The topological polar surface area (TPSA) is 88.6 Å². The Morgan fingerprint density at radius 2 is 1.84 bits per heavy atom. The van der Waals surface area contributed by atoms with Crippen LogP contribution in [0.4, 0.5) is 8.78 Å². The lowest BCUT2D eigenvalue weighted by atomic mass is 10.2. The van der Waals surface area contributed by atoms with Crippen molar-refractivity contribution in [2.45, 2.75) is 23.8 Å². The second kappa shape index (κ2) is 9.17. The Hall–Kier alpha value is -3.11. The molecule has 1 aromatic heterocycles. The maximum atomic E-state index is 13.7. The highest BCUT2D eigenvalue weighted by molar-refractivity contribution is 7.89. The third-order valence-electron chi connectivity index (χ3n) is 5.21. The fourth-order valence-corrected chi connectivity index (χ4v) is 4.83. The Bertz CT molecular complexity index is 1230. The molecule has 168 valence electrons. The van der Waals surface area contributed by atoms with Gasteiger partial charge in [0.2, 0.25) is 15.9 Å². The van der Waals surface area contributed by atoms with Crippen LogP contribution in [0.1, 0.15) is 12.8 Å². The minimum Gasteiger partial charge on any atom is -0.486 e. The van der Waals surface area contributed by atoms with E-state index in [9.17, 15) is 22.0 Å². The number of carbonyl (C=O) groups is 1. The molecule has 3 aromatic rings. The Morgan fingerprint density at radius 1 is 1.12 bits per heavy atom. The average Bonchev–Trinajstić information content (AvgIpc) is 3.22. The molecule has 1 saturated heterocycles. The van der Waals surface area contributed by atoms with Crippen molar-refractivity contribution in [1.82, 2.24) is 14.6 Å². The third-order valence-corrected chi connectivity index (χ3v) is 6.72. The number of sulfonamides is 1. The van der Waals surface area contributed by atoms with E-state index in [4.69, 9.17) is 4.74 Å². The van der Waals surface area contributed by atoms with Crippen molar-refractivity contribution in [2.75, 3.05) is 19.6 Å². The van der Waals surface area contributed by atoms with Crippen LogP contribution in [0.5, 0.6) is 5.75 Å². The summed E-state index contributed by atoms with van der Waals surface area (Å²) in [4.78, 5) is 17.4. The Balaban J connectivity index is 1.31. The van der Waals surface area contributed by atoms with Crippen LogP contribution in [-0.2, 0) is 14.8 Å². The van der Waals surface area contributed by atoms with E-state index in [0.717, 1.165) is 29.1 Å². The summed E-state index contributed by atoms with van der Waals surface area (Å²) < 4.78 is 60.0. The third kappa shape index (κ3) is 4.71. The molecule has 7 nitrogen and oxygen atoms in total. The van der Waals surface area contributed by atoms with E-state index < -0.39 is 26.6 Å². The number of hydrogen-bond acceptors (Lipinski definition) is 5. The highest BCUT2D eigenvalue weighted by atomic mass is 32.2. The van der Waals surface area contributed by atoms with Gasteiger partial charge in [0.25, 0.3) is 0 Å². The van der Waals surface area contributed by atoms with Crippen molar-refractivity contribution in [3.05, 3.63) is 66.4 Å². The van der Waals surface area contributed by atoms with Gasteiger partial charge < -0.3 is 9.64 Å². The number of nitrogens with zero attached hydrogens (tertiary/aromatic N) is 2. The molecule has 1 aliphatic heterocycles. The number of fused-ring (bicyclic) bond motifs is 1. The molecular weight excluding hydrogens is 440 g/mol. The average molecular weight is 461 g/mol. The summed E-state index contributed by atoms with van der Waals surface area (Å²) in [6.07, 6.45) is 1.96. The zero-order chi connectivity index (χ0) is 22.7. The fraction of sp³-hybridized carbons (Fsp3) is 0.273. The number of amides is 1. The van der Waals surface area contributed by atoms with Gasteiger partial charge in [-0.15, -0.1) is 0 Å². The summed E-state index contributed by atoms with van der Waals surface area (Å²) in [5.41, 5.74) is 0.745. The van der Waals surface area contributed by atoms with Crippen molar-refractivity contribution >= 4 is 26.8 Å². The number of ether oxygens (including phenoxy) is 1. The molecule has 2 aromatic carbocycles. The minimum atomic E-state index is -4.42. The number of halogens is 2. The molecule has 1 amide bonds. The number of carbonyl (C=O) groups excluding carboxylic acids is 1. The number of nitrogens with one attached hydrogen (secondary N) is 1. The predicted octanol–water partition coefficient (Wildman–Crippen LogP) is 2.86. The largest absolute Gasteiger partial charge is 0.486 e. The van der Waals surface area contributed by atoms with Gasteiger partial charge in [0, 0.05) is 37.5 Å². The van der Waals surface area contributed by atoms with E-state index in [-0.39, 0.29) is 25.0 Å². The van der Waals surface area contributed by atoms with E-state index in [0.29, 0.717) is 25.3 Å². The number of benzene rings is 2. The lowest BCUT2D eigenvalue weighted by molar-refractivity contribution is -0.130. The molecule has 2 heterocycles. The molecule has 1 aliphatic rings. The summed E-state index contributed by atoms with van der Waals surface area (Å²) in [6, 6.07) is 12.2. The number of aromatic nitrogens is 1. The molecule has 0 saturated carbocycles. The number of hydrogen-bond donors (Lipinski definition) is 1. The monoisotopic (exact) mass is 461 g/mol. The van der Waals surface area contributed by atoms with Gasteiger partial charge >= 0.3 is 0 Å². The van der Waals surface area contributed by atoms with E-state index in [1.165, 1.54) is 0 Å². The van der Waals surface area contributed by atoms with Gasteiger partial charge in [-0.1, -0.05) is 24.3 Å². The first-order chi connectivity index (χ1) is 15.3. The fourth-order valence-electron chi connectivity index (χ4n) is 3.66. The molecular formula is C22H21F2N3O4S. The first kappa shape index (κ1) is 22.1. The molecule has 10 heteroatoms. The molecule has 1 atom stereocenters. The smallest absolute Gasteiger partial charge is 0.246 e. The lowest BCUT2D eigenvalue weighted by Crippen LogP contribution is -2.34. The summed E-state index contributed by atoms with van der Waals surface area (Å²) in [5.74, 6) is -2.01. The highest BCUT2D eigenvalue weighted by Crippen LogP contribution is 2.26. The summed E-state index contributed by atoms with van der Waals surface area (Å²) in [6.45, 7) is 0.553. The molecule has 1 N–H and O–H groups in total. The quantitative estimate of drug-likeness (QED) is 0.585. The zero-order valence-corrected chi connectivity index (χ0v) is 17.8. The molecule has 0 bridgehead atoms. The first-order valence-corrected chi connectivity index (χ1v) is 11.6. The maximum Gasteiger partial charge on any atom is 0.246 e. The number of rotatable bonds is 7. The van der Waals surface area contributed by atoms with Gasteiger partial charge in [-0.25, -0.2) is 21.9 Å². The first-order valence-electron chi connectivity index (χ1n) is 10.1. The number of likely N-dealkylation sites (tertiary alicyclic amines) is 1. The Kier molecular flexibility index (Phi) is 6.33. The van der Waals surface area contributed by atoms with E-state index in [2.05, 4.69) is 9.71 Å². The molecule has 1 fully saturated rings. The SMILES string of the molecule is O=C(CCNS(=O)(=O)c1c(F)cccc1F)N1CCC(Oc2cccc3cccnc23)C1. The minimum absolute atomic E-state index is 0.141. The van der Waals surface area contributed by atoms with Crippen LogP contribution in [0, 0.1) is 11.6 Å². The normalized spacial score (nSPS) is 16.4. The van der Waals surface area contributed by atoms with E-state index in [1.54, 1.807) is 11.1 Å². The van der Waals surface area contributed by atoms with Crippen molar-refractivity contribution in [1.29, 1.82) is 0 Å². The number of para-hydroxylation sites is 1. The molecule has 32 heavy (non-hydrogen) atoms. The standard InChI is InChI=1S/C22H21F2N3O4S/c23-17-6-2-7-18(24)22(17)32(29,30)26-12-9-20(28)27-13-10-16(14-27)31-19-8-1-4-15-5-3-11-25-21(15)19/h1-8,11,16,26H,9-10,12-14H2. The molecule has 1 unspecified atom stereocenters. The Morgan fingerprint density at radius 3 is 2.62 bits per heavy atom. The van der Waals surface area contributed by atoms with Crippen LogP contribution < -0.4 is 9.46 Å². The summed E-state index contributed by atoms with van der Waals surface area (Å²) in [5, 5.41) is 0.953. The van der Waals surface area contributed by atoms with Crippen molar-refractivity contribution < 1.29 is 26.7 Å². The second-order valence-corrected chi connectivity index (χ2v) is 9.10. The molecule has 4 rings (SSSR count). The zero-order valence-electron chi connectivity index (χ0n) is 17.0. The van der Waals surface area contributed by atoms with Crippen molar-refractivity contribution in [3.8, 4) is 5.75 Å². The van der Waals surface area contributed by atoms with Crippen LogP contribution >= 0.6 is 0 Å². The van der Waals surface area contributed by atoms with E-state index >= 15 is 0 Å². The number of pyridine rings is 1. The van der Waals surface area contributed by atoms with E-state index in [1.807, 2.05) is 30.3 Å². The maximum absolute atomic E-state index is 13.7. The van der Waals surface area contributed by atoms with Crippen LogP contribution in [0.2, 0.25) is 0 Å². The van der Waals surface area contributed by atoms with Gasteiger partial charge in [-0.3, -0.25) is 9.78 Å². The van der Waals surface area contributed by atoms with Crippen LogP contribution in [-0.4, -0.2) is 49.9 Å². The molecule has 0 spiro atoms. The molecule has 0 radical (unpaired) electrons. The van der Waals surface area contributed by atoms with Crippen LogP contribution in [0.3, 0.4) is 0 Å². The van der Waals surface area contributed by atoms with Gasteiger partial charge in [0.15, 0.2) is 4.90 Å². The lowest BCUT2D eigenvalue weighted by Gasteiger charge is -2.18. The summed E-state index contributed by atoms with van der Waals surface area (Å²) >= 11 is 0. The van der Waals surface area contributed by atoms with Gasteiger partial charge in [-0.05, 0) is 24.3 Å². The predicted molar refractivity (Wildman–Crippen MR) is 114 cm³/mol.